The maximum absolute atomic E-state index is 13.6. The largest absolute Gasteiger partial charge is 0.480 e. The fourth-order valence-corrected chi connectivity index (χ4v) is 6.85. The first kappa shape index (κ1) is 23.4. The molecule has 5 rings (SSSR count). The fraction of sp³-hybridized carbons (Fsp3) is 0.577. The zero-order chi connectivity index (χ0) is 23.7. The van der Waals surface area contributed by atoms with Gasteiger partial charge in [-0.1, -0.05) is 12.1 Å². The number of aromatic nitrogens is 2. The average molecular weight is 485 g/mol. The van der Waals surface area contributed by atoms with Gasteiger partial charge in [-0.25, -0.2) is 13.4 Å². The lowest BCUT2D eigenvalue weighted by Gasteiger charge is -2.27. The van der Waals surface area contributed by atoms with E-state index >= 15 is 0 Å². The van der Waals surface area contributed by atoms with Crippen LogP contribution in [-0.4, -0.2) is 49.7 Å². The van der Waals surface area contributed by atoms with Gasteiger partial charge in [-0.15, -0.1) is 0 Å². The summed E-state index contributed by atoms with van der Waals surface area (Å²) in [4.78, 5) is 22.6. The van der Waals surface area contributed by atoms with Gasteiger partial charge in [0.25, 0.3) is 0 Å². The van der Waals surface area contributed by atoms with Gasteiger partial charge in [-0.2, -0.15) is 0 Å². The highest BCUT2D eigenvalue weighted by Gasteiger charge is 2.40. The van der Waals surface area contributed by atoms with Crippen LogP contribution in [0, 0.1) is 5.92 Å². The summed E-state index contributed by atoms with van der Waals surface area (Å²) >= 11 is 0. The summed E-state index contributed by atoms with van der Waals surface area (Å²) in [6.07, 6.45) is 9.45. The van der Waals surface area contributed by atoms with Crippen LogP contribution in [0.2, 0.25) is 0 Å². The second-order valence-corrected chi connectivity index (χ2v) is 12.0. The van der Waals surface area contributed by atoms with Gasteiger partial charge < -0.3 is 9.47 Å². The Morgan fingerprint density at radius 2 is 1.85 bits per heavy atom. The molecule has 0 amide bonds. The highest BCUT2D eigenvalue weighted by Crippen LogP contribution is 2.46. The van der Waals surface area contributed by atoms with E-state index in [9.17, 15) is 13.2 Å². The molecule has 1 aromatic carbocycles. The normalized spacial score (nSPS) is 20.1. The van der Waals surface area contributed by atoms with Crippen LogP contribution in [0.3, 0.4) is 0 Å². The van der Waals surface area contributed by atoms with E-state index < -0.39 is 9.84 Å². The van der Waals surface area contributed by atoms with Crippen molar-refractivity contribution in [1.82, 2.24) is 9.97 Å². The van der Waals surface area contributed by atoms with Crippen molar-refractivity contribution < 1.29 is 22.7 Å². The monoisotopic (exact) mass is 484 g/mol. The minimum absolute atomic E-state index is 0.0884. The first-order chi connectivity index (χ1) is 16.5. The van der Waals surface area contributed by atoms with Gasteiger partial charge in [0.1, 0.15) is 5.78 Å². The maximum Gasteiger partial charge on any atom is 0.231 e. The number of sulfone groups is 1. The number of ether oxygens (including phenoxy) is 2. The number of carbonyl (C=O) groups is 1. The van der Waals surface area contributed by atoms with Crippen LogP contribution in [0.15, 0.2) is 35.5 Å². The van der Waals surface area contributed by atoms with E-state index in [4.69, 9.17) is 9.47 Å². The molecule has 0 spiro atoms. The smallest absolute Gasteiger partial charge is 0.231 e. The van der Waals surface area contributed by atoms with E-state index in [2.05, 4.69) is 9.97 Å². The number of carbonyl (C=O) groups excluding carboxylic acids is 1. The summed E-state index contributed by atoms with van der Waals surface area (Å²) in [5, 5.41) is -0.232. The number of hydrogen-bond acceptors (Lipinski definition) is 7. The lowest BCUT2D eigenvalue weighted by Crippen LogP contribution is -2.23. The van der Waals surface area contributed by atoms with Crippen LogP contribution < -0.4 is 4.74 Å². The van der Waals surface area contributed by atoms with Gasteiger partial charge >= 0.3 is 0 Å². The van der Waals surface area contributed by atoms with Crippen molar-refractivity contribution in [3.8, 4) is 5.88 Å². The Labute approximate surface area is 201 Å². The minimum atomic E-state index is -3.28. The third-order valence-corrected chi connectivity index (χ3v) is 9.60. The summed E-state index contributed by atoms with van der Waals surface area (Å²) in [5.74, 6) is 0.892. The van der Waals surface area contributed by atoms with Gasteiger partial charge in [0.15, 0.2) is 9.84 Å². The van der Waals surface area contributed by atoms with Crippen molar-refractivity contribution in [1.29, 1.82) is 0 Å². The number of methoxy groups -OCH3 is 1. The molecule has 34 heavy (non-hydrogen) atoms. The molecule has 0 unspecified atom stereocenters. The third-order valence-electron chi connectivity index (χ3n) is 7.27. The van der Waals surface area contributed by atoms with Crippen molar-refractivity contribution in [2.45, 2.75) is 73.3 Å². The molecule has 8 heteroatoms. The first-order valence-corrected chi connectivity index (χ1v) is 13.8. The molecule has 1 atom stereocenters. The van der Waals surface area contributed by atoms with Crippen LogP contribution in [0.1, 0.15) is 73.6 Å². The van der Waals surface area contributed by atoms with E-state index in [1.165, 1.54) is 13.3 Å². The van der Waals surface area contributed by atoms with Crippen molar-refractivity contribution in [3.05, 3.63) is 47.4 Å². The molecule has 3 aliphatic rings. The Morgan fingerprint density at radius 1 is 1.09 bits per heavy atom. The topological polar surface area (TPSA) is 95.5 Å². The Bertz CT molecular complexity index is 1130. The second kappa shape index (κ2) is 9.74. The number of ketones is 1. The van der Waals surface area contributed by atoms with Crippen molar-refractivity contribution in [2.75, 3.05) is 20.3 Å². The highest BCUT2D eigenvalue weighted by atomic mass is 32.2. The molecule has 182 valence electrons. The van der Waals surface area contributed by atoms with E-state index in [-0.39, 0.29) is 29.3 Å². The summed E-state index contributed by atoms with van der Waals surface area (Å²) < 4.78 is 36.7. The van der Waals surface area contributed by atoms with Gasteiger partial charge in [0.05, 0.1) is 41.8 Å². The molecular formula is C26H32N2O5S. The lowest BCUT2D eigenvalue weighted by atomic mass is 9.81. The molecule has 0 radical (unpaired) electrons. The van der Waals surface area contributed by atoms with Gasteiger partial charge in [-0.3, -0.25) is 9.78 Å². The van der Waals surface area contributed by atoms with E-state index in [0.29, 0.717) is 22.4 Å². The molecule has 2 heterocycles. The zero-order valence-corrected chi connectivity index (χ0v) is 20.4. The van der Waals surface area contributed by atoms with Crippen molar-refractivity contribution in [3.63, 3.8) is 0 Å². The summed E-state index contributed by atoms with van der Waals surface area (Å²) in [6.45, 7) is 1.45. The molecule has 2 saturated carbocycles. The van der Waals surface area contributed by atoms with E-state index in [0.717, 1.165) is 69.3 Å². The average Bonchev–Trinajstić information content (AvgIpc) is 3.76. The number of Topliss-reactive ketones (excluding diaryl/α,β-unsaturated/α-hetero) is 1. The van der Waals surface area contributed by atoms with E-state index in [1.54, 1.807) is 12.3 Å². The summed E-state index contributed by atoms with van der Waals surface area (Å²) in [7, 11) is -1.75. The zero-order valence-electron chi connectivity index (χ0n) is 19.6. The fourth-order valence-electron chi connectivity index (χ4n) is 4.92. The molecule has 1 aromatic heterocycles. The van der Waals surface area contributed by atoms with Crippen LogP contribution in [0.4, 0.5) is 0 Å². The van der Waals surface area contributed by atoms with Crippen molar-refractivity contribution in [2.24, 2.45) is 5.92 Å². The van der Waals surface area contributed by atoms with Crippen LogP contribution >= 0.6 is 0 Å². The molecule has 0 bridgehead atoms. The predicted octanol–water partition coefficient (Wildman–Crippen LogP) is 4.01. The quantitative estimate of drug-likeness (QED) is 0.503. The first-order valence-electron chi connectivity index (χ1n) is 12.3. The molecule has 1 saturated heterocycles. The molecule has 7 nitrogen and oxygen atoms in total. The lowest BCUT2D eigenvalue weighted by molar-refractivity contribution is -0.120. The van der Waals surface area contributed by atoms with Crippen molar-refractivity contribution >= 4 is 15.6 Å². The van der Waals surface area contributed by atoms with Gasteiger partial charge in [0.2, 0.25) is 5.88 Å². The molecular weight excluding hydrogens is 452 g/mol. The van der Waals surface area contributed by atoms with Crippen LogP contribution in [0.25, 0.3) is 0 Å². The minimum Gasteiger partial charge on any atom is -0.480 e. The third kappa shape index (κ3) is 5.18. The molecule has 1 aliphatic heterocycles. The Hall–Kier alpha value is -2.32. The SMILES string of the molecule is COc1cnc(CC(=O)[C@H](CC2CCOCC2)c2ccc(S(=O)(=O)C3CC3)c(C3CC3)c2)cn1. The highest BCUT2D eigenvalue weighted by molar-refractivity contribution is 7.92. The second-order valence-electron chi connectivity index (χ2n) is 9.85. The van der Waals surface area contributed by atoms with Crippen LogP contribution in [-0.2, 0) is 25.8 Å². The summed E-state index contributed by atoms with van der Waals surface area (Å²) in [5.41, 5.74) is 2.45. The summed E-state index contributed by atoms with van der Waals surface area (Å²) in [6, 6.07) is 5.67. The van der Waals surface area contributed by atoms with Crippen LogP contribution in [0.5, 0.6) is 5.88 Å². The number of benzene rings is 1. The molecule has 3 fully saturated rings. The Balaban J connectivity index is 1.45. The van der Waals surface area contributed by atoms with Gasteiger partial charge in [0, 0.05) is 19.1 Å². The molecule has 2 aliphatic carbocycles. The molecule has 0 N–H and O–H groups in total. The Kier molecular flexibility index (Phi) is 6.71. The standard InChI is InChI=1S/C26H32N2O5S/c1-32-26-16-27-20(15-28-26)14-24(29)22(12-17-8-10-33-11-9-17)19-4-7-25(23(13-19)18-2-3-18)34(30,31)21-5-6-21/h4,7,13,15-18,21-22H,2-3,5-6,8-12,14H2,1H3/t22-/m1/s1. The number of hydrogen-bond donors (Lipinski definition) is 0. The molecule has 2 aromatic rings. The number of rotatable bonds is 10. The van der Waals surface area contributed by atoms with E-state index in [1.807, 2.05) is 12.1 Å². The Morgan fingerprint density at radius 3 is 2.47 bits per heavy atom. The predicted molar refractivity (Wildman–Crippen MR) is 127 cm³/mol. The van der Waals surface area contributed by atoms with Gasteiger partial charge in [-0.05, 0) is 74.0 Å². The number of nitrogens with zero attached hydrogens (tertiary/aromatic N) is 2. The maximum atomic E-state index is 13.6.